The van der Waals surface area contributed by atoms with Crippen LogP contribution in [0.5, 0.6) is 0 Å². The van der Waals surface area contributed by atoms with Crippen molar-refractivity contribution in [3.63, 3.8) is 0 Å². The van der Waals surface area contributed by atoms with Crippen LogP contribution in [0.3, 0.4) is 0 Å². The molecule has 20 heavy (non-hydrogen) atoms. The van der Waals surface area contributed by atoms with Crippen LogP contribution in [0.2, 0.25) is 0 Å². The zero-order chi connectivity index (χ0) is 15.3. The number of nitrogens with zero attached hydrogens (tertiary/aromatic N) is 1. The molecule has 1 rings (SSSR count). The van der Waals surface area contributed by atoms with E-state index >= 15 is 0 Å². The number of rotatable bonds is 6. The van der Waals surface area contributed by atoms with Gasteiger partial charge in [0.2, 0.25) is 0 Å². The molecule has 2 N–H and O–H groups in total. The van der Waals surface area contributed by atoms with E-state index in [9.17, 15) is 24.4 Å². The van der Waals surface area contributed by atoms with E-state index in [1.165, 1.54) is 24.3 Å². The number of halogens is 3. The number of amides is 1. The van der Waals surface area contributed by atoms with Crippen molar-refractivity contribution in [2.24, 2.45) is 0 Å². The Bertz CT molecular complexity index is 484. The van der Waals surface area contributed by atoms with Gasteiger partial charge in [-0.2, -0.15) is 0 Å². The number of nitrogens with one attached hydrogen (secondary N) is 1. The molecule has 2 atom stereocenters. The molecule has 1 aromatic carbocycles. The fraction of sp³-hybridized carbons (Fsp3) is 0.364. The third kappa shape index (κ3) is 4.29. The number of non-ortho nitro benzene ring substituents is 1. The minimum absolute atomic E-state index is 0.164. The third-order valence-corrected chi connectivity index (χ3v) is 2.92. The summed E-state index contributed by atoms with van der Waals surface area (Å²) in [6.45, 7) is -1.05. The number of nitro groups is 1. The molecule has 0 spiro atoms. The van der Waals surface area contributed by atoms with E-state index in [2.05, 4.69) is 5.32 Å². The summed E-state index contributed by atoms with van der Waals surface area (Å²) in [6.07, 6.45) is -1.38. The predicted octanol–water partition coefficient (Wildman–Crippen LogP) is 1.89. The van der Waals surface area contributed by atoms with Gasteiger partial charge < -0.3 is 10.4 Å². The van der Waals surface area contributed by atoms with Crippen LogP contribution in [0.4, 0.5) is 10.1 Å². The second-order valence-electron chi connectivity index (χ2n) is 3.86. The zero-order valence-electron chi connectivity index (χ0n) is 10.0. The topological polar surface area (TPSA) is 92.5 Å². The summed E-state index contributed by atoms with van der Waals surface area (Å²) in [6, 6.07) is 3.64. The molecule has 0 saturated carbocycles. The van der Waals surface area contributed by atoms with Crippen LogP contribution in [0.1, 0.15) is 11.7 Å². The van der Waals surface area contributed by atoms with Gasteiger partial charge in [-0.1, -0.05) is 23.2 Å². The van der Waals surface area contributed by atoms with Crippen LogP contribution in [0.15, 0.2) is 24.3 Å². The molecule has 0 heterocycles. The van der Waals surface area contributed by atoms with Crippen LogP contribution < -0.4 is 5.32 Å². The van der Waals surface area contributed by atoms with E-state index in [1.54, 1.807) is 0 Å². The van der Waals surface area contributed by atoms with E-state index in [4.69, 9.17) is 23.2 Å². The number of aliphatic hydroxyl groups excluding tert-OH is 1. The van der Waals surface area contributed by atoms with E-state index < -0.39 is 34.5 Å². The molecule has 0 aliphatic rings. The average Bonchev–Trinajstić information content (AvgIpc) is 2.43. The maximum atomic E-state index is 12.9. The Balaban J connectivity index is 2.82. The first-order valence-electron chi connectivity index (χ1n) is 5.43. The van der Waals surface area contributed by atoms with Crippen LogP contribution in [0, 0.1) is 10.1 Å². The molecule has 0 unspecified atom stereocenters. The molecule has 0 saturated heterocycles. The van der Waals surface area contributed by atoms with E-state index in [-0.39, 0.29) is 11.3 Å². The molecule has 1 amide bonds. The smallest absolute Gasteiger partial charge is 0.269 e. The van der Waals surface area contributed by atoms with Gasteiger partial charge in [0.05, 0.1) is 11.0 Å². The largest absolute Gasteiger partial charge is 0.386 e. The molecule has 0 fully saturated rings. The molecule has 6 nitrogen and oxygen atoms in total. The Kier molecular flexibility index (Phi) is 6.12. The standard InChI is InChI=1S/C11H11Cl2FN2O4/c12-10(13)11(18)15-8(5-14)9(17)6-1-3-7(4-2-6)16(19)20/h1-4,8-10,17H,5H2,(H,15,18)/t8-,9+/m1/s1. The monoisotopic (exact) mass is 324 g/mol. The van der Waals surface area contributed by atoms with Crippen molar-refractivity contribution in [3.8, 4) is 0 Å². The maximum Gasteiger partial charge on any atom is 0.269 e. The van der Waals surface area contributed by atoms with Gasteiger partial charge in [0.1, 0.15) is 12.8 Å². The normalized spacial score (nSPS) is 13.8. The van der Waals surface area contributed by atoms with Crippen molar-refractivity contribution in [1.29, 1.82) is 0 Å². The van der Waals surface area contributed by atoms with Crippen LogP contribution >= 0.6 is 23.2 Å². The van der Waals surface area contributed by atoms with Crippen molar-refractivity contribution in [2.75, 3.05) is 6.67 Å². The molecular weight excluding hydrogens is 314 g/mol. The molecule has 0 aromatic heterocycles. The summed E-state index contributed by atoms with van der Waals surface area (Å²) >= 11 is 10.6. The van der Waals surface area contributed by atoms with Crippen molar-refractivity contribution < 1.29 is 19.2 Å². The minimum Gasteiger partial charge on any atom is -0.386 e. The fourth-order valence-corrected chi connectivity index (χ4v) is 1.60. The van der Waals surface area contributed by atoms with Crippen molar-refractivity contribution in [3.05, 3.63) is 39.9 Å². The summed E-state index contributed by atoms with van der Waals surface area (Å²) in [7, 11) is 0. The summed E-state index contributed by atoms with van der Waals surface area (Å²) in [5.74, 6) is -0.836. The molecule has 1 aromatic rings. The van der Waals surface area contributed by atoms with E-state index in [0.29, 0.717) is 0 Å². The lowest BCUT2D eigenvalue weighted by Crippen LogP contribution is -2.43. The highest BCUT2D eigenvalue weighted by Crippen LogP contribution is 2.21. The van der Waals surface area contributed by atoms with E-state index in [0.717, 1.165) is 0 Å². The lowest BCUT2D eigenvalue weighted by molar-refractivity contribution is -0.384. The summed E-state index contributed by atoms with van der Waals surface area (Å²) in [5, 5.41) is 22.6. The fourth-order valence-electron chi connectivity index (χ4n) is 1.47. The van der Waals surface area contributed by atoms with Gasteiger partial charge in [-0.05, 0) is 17.7 Å². The Morgan fingerprint density at radius 1 is 1.40 bits per heavy atom. The number of aliphatic hydroxyl groups is 1. The molecule has 9 heteroatoms. The van der Waals surface area contributed by atoms with Crippen molar-refractivity contribution >= 4 is 34.8 Å². The van der Waals surface area contributed by atoms with Gasteiger partial charge in [0, 0.05) is 12.1 Å². The second kappa shape index (κ2) is 7.37. The number of hydrogen-bond acceptors (Lipinski definition) is 4. The Hall–Kier alpha value is -1.44. The highest BCUT2D eigenvalue weighted by molar-refractivity contribution is 6.53. The third-order valence-electron chi connectivity index (χ3n) is 2.52. The first-order chi connectivity index (χ1) is 9.36. The van der Waals surface area contributed by atoms with E-state index in [1.807, 2.05) is 0 Å². The lowest BCUT2D eigenvalue weighted by atomic mass is 10.0. The van der Waals surface area contributed by atoms with Gasteiger partial charge in [-0.3, -0.25) is 14.9 Å². The lowest BCUT2D eigenvalue weighted by Gasteiger charge is -2.22. The number of alkyl halides is 3. The molecule has 110 valence electrons. The molecule has 0 bridgehead atoms. The van der Waals surface area contributed by atoms with Crippen molar-refractivity contribution in [1.82, 2.24) is 5.32 Å². The number of nitro benzene ring substituents is 1. The summed E-state index contributed by atoms with van der Waals surface area (Å²) in [4.78, 5) is 19.8. The Labute approximate surface area is 123 Å². The molecular formula is C11H11Cl2FN2O4. The van der Waals surface area contributed by atoms with Crippen LogP contribution in [0.25, 0.3) is 0 Å². The number of benzene rings is 1. The van der Waals surface area contributed by atoms with Gasteiger partial charge in [0.15, 0.2) is 4.84 Å². The van der Waals surface area contributed by atoms with Gasteiger partial charge in [-0.15, -0.1) is 0 Å². The SMILES string of the molecule is O=C(N[C@H](CF)[C@@H](O)c1ccc([N+](=O)[O-])cc1)C(Cl)Cl. The number of carbonyl (C=O) groups is 1. The average molecular weight is 325 g/mol. The number of hydrogen-bond donors (Lipinski definition) is 2. The highest BCUT2D eigenvalue weighted by Gasteiger charge is 2.25. The number of carbonyl (C=O) groups excluding carboxylic acids is 1. The Morgan fingerprint density at radius 2 is 1.95 bits per heavy atom. The minimum atomic E-state index is -1.38. The van der Waals surface area contributed by atoms with Gasteiger partial charge in [0.25, 0.3) is 11.6 Å². The van der Waals surface area contributed by atoms with Gasteiger partial charge in [-0.25, -0.2) is 4.39 Å². The highest BCUT2D eigenvalue weighted by atomic mass is 35.5. The first kappa shape index (κ1) is 16.6. The predicted molar refractivity (Wildman–Crippen MR) is 71.5 cm³/mol. The van der Waals surface area contributed by atoms with Crippen LogP contribution in [-0.2, 0) is 4.79 Å². The second-order valence-corrected chi connectivity index (χ2v) is 4.96. The first-order valence-corrected chi connectivity index (χ1v) is 6.31. The van der Waals surface area contributed by atoms with Crippen molar-refractivity contribution in [2.45, 2.75) is 17.0 Å². The summed E-state index contributed by atoms with van der Waals surface area (Å²) < 4.78 is 12.9. The quantitative estimate of drug-likeness (QED) is 0.474. The molecule has 0 aliphatic heterocycles. The Morgan fingerprint density at radius 3 is 2.35 bits per heavy atom. The summed E-state index contributed by atoms with van der Waals surface area (Å²) in [5.41, 5.74) is 0.0580. The zero-order valence-corrected chi connectivity index (χ0v) is 11.5. The molecule has 0 aliphatic carbocycles. The molecule has 0 radical (unpaired) electrons. The van der Waals surface area contributed by atoms with Crippen LogP contribution in [-0.4, -0.2) is 33.5 Å². The maximum absolute atomic E-state index is 12.9. The van der Waals surface area contributed by atoms with Gasteiger partial charge >= 0.3 is 0 Å².